The summed E-state index contributed by atoms with van der Waals surface area (Å²) in [5.41, 5.74) is 3.35. The van der Waals surface area contributed by atoms with Gasteiger partial charge in [0.1, 0.15) is 13.2 Å². The Labute approximate surface area is 149 Å². The summed E-state index contributed by atoms with van der Waals surface area (Å²) in [5.74, 6) is 1.40. The first-order chi connectivity index (χ1) is 11.9. The number of aryl methyl sites for hydroxylation is 2. The van der Waals surface area contributed by atoms with Gasteiger partial charge in [0.2, 0.25) is 5.91 Å². The molecule has 0 aromatic heterocycles. The van der Waals surface area contributed by atoms with Crippen molar-refractivity contribution in [2.24, 2.45) is 0 Å². The summed E-state index contributed by atoms with van der Waals surface area (Å²) in [7, 11) is 0. The Hall–Kier alpha value is -2.49. The van der Waals surface area contributed by atoms with Crippen molar-refractivity contribution in [2.45, 2.75) is 39.5 Å². The van der Waals surface area contributed by atoms with Gasteiger partial charge in [0.25, 0.3) is 0 Å². The lowest BCUT2D eigenvalue weighted by Crippen LogP contribution is -2.35. The zero-order chi connectivity index (χ0) is 18.0. The van der Waals surface area contributed by atoms with Crippen molar-refractivity contribution in [2.75, 3.05) is 18.5 Å². The van der Waals surface area contributed by atoms with Crippen LogP contribution in [0.2, 0.25) is 0 Å². The molecule has 4 heteroatoms. The largest absolute Gasteiger partial charge is 0.486 e. The normalized spacial score (nSPS) is 13.4. The van der Waals surface area contributed by atoms with Crippen molar-refractivity contribution in [1.29, 1.82) is 0 Å². The van der Waals surface area contributed by atoms with Gasteiger partial charge in [-0.2, -0.15) is 0 Å². The van der Waals surface area contributed by atoms with E-state index in [4.69, 9.17) is 9.47 Å². The van der Waals surface area contributed by atoms with Crippen LogP contribution in [0.1, 0.15) is 37.5 Å². The third-order valence-corrected chi connectivity index (χ3v) is 4.81. The first kappa shape index (κ1) is 17.3. The SMILES string of the molecule is CCc1cccc(C)c1NC(=O)C(C)(C)c1ccc2c(c1)OCCO2. The molecule has 132 valence electrons. The average molecular weight is 339 g/mol. The first-order valence-electron chi connectivity index (χ1n) is 8.73. The molecule has 1 aliphatic rings. The highest BCUT2D eigenvalue weighted by molar-refractivity contribution is 5.99. The van der Waals surface area contributed by atoms with E-state index in [9.17, 15) is 4.79 Å². The number of rotatable bonds is 4. The third-order valence-electron chi connectivity index (χ3n) is 4.81. The number of ether oxygens (including phenoxy) is 2. The minimum Gasteiger partial charge on any atom is -0.486 e. The molecule has 1 heterocycles. The molecule has 1 N–H and O–H groups in total. The number of para-hydroxylation sites is 1. The lowest BCUT2D eigenvalue weighted by molar-refractivity contribution is -0.120. The van der Waals surface area contributed by atoms with Crippen LogP contribution in [0.5, 0.6) is 11.5 Å². The van der Waals surface area contributed by atoms with Crippen molar-refractivity contribution >= 4 is 11.6 Å². The summed E-state index contributed by atoms with van der Waals surface area (Å²) in [5, 5.41) is 3.14. The quantitative estimate of drug-likeness (QED) is 0.906. The number of carbonyl (C=O) groups is 1. The fourth-order valence-corrected chi connectivity index (χ4v) is 3.04. The van der Waals surface area contributed by atoms with Crippen LogP contribution in [-0.2, 0) is 16.6 Å². The highest BCUT2D eigenvalue weighted by atomic mass is 16.6. The fourth-order valence-electron chi connectivity index (χ4n) is 3.04. The second-order valence-electron chi connectivity index (χ2n) is 6.90. The highest BCUT2D eigenvalue weighted by Gasteiger charge is 2.31. The number of hydrogen-bond donors (Lipinski definition) is 1. The Morgan fingerprint density at radius 2 is 1.84 bits per heavy atom. The summed E-state index contributed by atoms with van der Waals surface area (Å²) in [4.78, 5) is 13.0. The number of nitrogens with one attached hydrogen (secondary N) is 1. The van der Waals surface area contributed by atoms with Crippen LogP contribution in [0.25, 0.3) is 0 Å². The van der Waals surface area contributed by atoms with E-state index in [1.165, 1.54) is 0 Å². The van der Waals surface area contributed by atoms with Crippen molar-refractivity contribution in [3.8, 4) is 11.5 Å². The van der Waals surface area contributed by atoms with Crippen molar-refractivity contribution in [1.82, 2.24) is 0 Å². The van der Waals surface area contributed by atoms with Crippen LogP contribution in [-0.4, -0.2) is 19.1 Å². The maximum Gasteiger partial charge on any atom is 0.234 e. The van der Waals surface area contributed by atoms with Gasteiger partial charge in [-0.15, -0.1) is 0 Å². The monoisotopic (exact) mass is 339 g/mol. The predicted octanol–water partition coefficient (Wildman–Crippen LogP) is 4.24. The average Bonchev–Trinajstić information content (AvgIpc) is 2.62. The summed E-state index contributed by atoms with van der Waals surface area (Å²) in [6.07, 6.45) is 0.877. The van der Waals surface area contributed by atoms with E-state index in [1.54, 1.807) is 0 Å². The van der Waals surface area contributed by atoms with Crippen molar-refractivity contribution in [3.05, 3.63) is 53.1 Å². The van der Waals surface area contributed by atoms with E-state index in [-0.39, 0.29) is 5.91 Å². The van der Waals surface area contributed by atoms with Crippen molar-refractivity contribution < 1.29 is 14.3 Å². The van der Waals surface area contributed by atoms with Gasteiger partial charge in [-0.3, -0.25) is 4.79 Å². The summed E-state index contributed by atoms with van der Waals surface area (Å²) >= 11 is 0. The molecular formula is C21H25NO3. The molecule has 3 rings (SSSR count). The predicted molar refractivity (Wildman–Crippen MR) is 99.6 cm³/mol. The number of carbonyl (C=O) groups excluding carboxylic acids is 1. The number of hydrogen-bond acceptors (Lipinski definition) is 3. The van der Waals surface area contributed by atoms with E-state index in [0.717, 1.165) is 34.5 Å². The molecule has 0 radical (unpaired) electrons. The number of fused-ring (bicyclic) bond motifs is 1. The Kier molecular flexibility index (Phi) is 4.71. The fraction of sp³-hybridized carbons (Fsp3) is 0.381. The van der Waals surface area contributed by atoms with E-state index in [1.807, 2.05) is 51.1 Å². The number of anilines is 1. The second-order valence-corrected chi connectivity index (χ2v) is 6.90. The van der Waals surface area contributed by atoms with Gasteiger partial charge in [0, 0.05) is 5.69 Å². The van der Waals surface area contributed by atoms with E-state index in [0.29, 0.717) is 19.0 Å². The van der Waals surface area contributed by atoms with E-state index in [2.05, 4.69) is 18.3 Å². The minimum absolute atomic E-state index is 0.0341. The van der Waals surface area contributed by atoms with E-state index >= 15 is 0 Å². The van der Waals surface area contributed by atoms with Gasteiger partial charge < -0.3 is 14.8 Å². The lowest BCUT2D eigenvalue weighted by atomic mass is 9.83. The molecule has 1 amide bonds. The number of benzene rings is 2. The van der Waals surface area contributed by atoms with Gasteiger partial charge >= 0.3 is 0 Å². The zero-order valence-corrected chi connectivity index (χ0v) is 15.3. The van der Waals surface area contributed by atoms with Crippen LogP contribution in [0.15, 0.2) is 36.4 Å². The molecule has 0 spiro atoms. The standard InChI is InChI=1S/C21H25NO3/c1-5-15-8-6-7-14(2)19(15)22-20(23)21(3,4)16-9-10-17-18(13-16)25-12-11-24-17/h6-10,13H,5,11-12H2,1-4H3,(H,22,23). The molecule has 0 atom stereocenters. The smallest absolute Gasteiger partial charge is 0.234 e. The molecule has 4 nitrogen and oxygen atoms in total. The van der Waals surface area contributed by atoms with Gasteiger partial charge in [0.15, 0.2) is 11.5 Å². The van der Waals surface area contributed by atoms with Crippen LogP contribution in [0, 0.1) is 6.92 Å². The molecule has 0 saturated carbocycles. The maximum absolute atomic E-state index is 13.0. The Morgan fingerprint density at radius 1 is 1.12 bits per heavy atom. The molecule has 0 bridgehead atoms. The second kappa shape index (κ2) is 6.79. The summed E-state index contributed by atoms with van der Waals surface area (Å²) < 4.78 is 11.2. The molecule has 0 fully saturated rings. The third kappa shape index (κ3) is 3.34. The molecule has 25 heavy (non-hydrogen) atoms. The topological polar surface area (TPSA) is 47.6 Å². The van der Waals surface area contributed by atoms with E-state index < -0.39 is 5.41 Å². The Balaban J connectivity index is 1.88. The van der Waals surface area contributed by atoms with Crippen LogP contribution >= 0.6 is 0 Å². The van der Waals surface area contributed by atoms with Crippen LogP contribution < -0.4 is 14.8 Å². The van der Waals surface area contributed by atoms with Gasteiger partial charge in [-0.1, -0.05) is 31.2 Å². The Morgan fingerprint density at radius 3 is 2.56 bits per heavy atom. The van der Waals surface area contributed by atoms with Crippen LogP contribution in [0.4, 0.5) is 5.69 Å². The van der Waals surface area contributed by atoms with Gasteiger partial charge in [-0.25, -0.2) is 0 Å². The van der Waals surface area contributed by atoms with Gasteiger partial charge in [0.05, 0.1) is 5.41 Å². The first-order valence-corrected chi connectivity index (χ1v) is 8.73. The molecule has 1 aliphatic heterocycles. The molecule has 2 aromatic carbocycles. The number of amides is 1. The Bertz CT molecular complexity index is 796. The molecule has 0 aliphatic carbocycles. The highest BCUT2D eigenvalue weighted by Crippen LogP contribution is 2.36. The minimum atomic E-state index is -0.691. The zero-order valence-electron chi connectivity index (χ0n) is 15.3. The van der Waals surface area contributed by atoms with Crippen LogP contribution in [0.3, 0.4) is 0 Å². The molecular weight excluding hydrogens is 314 g/mol. The van der Waals surface area contributed by atoms with Gasteiger partial charge in [-0.05, 0) is 56.0 Å². The molecule has 2 aromatic rings. The lowest BCUT2D eigenvalue weighted by Gasteiger charge is -2.27. The molecule has 0 saturated heterocycles. The molecule has 0 unspecified atom stereocenters. The summed E-state index contributed by atoms with van der Waals surface area (Å²) in [6.45, 7) is 9.06. The maximum atomic E-state index is 13.0. The summed E-state index contributed by atoms with van der Waals surface area (Å²) in [6, 6.07) is 11.8. The van der Waals surface area contributed by atoms with Crippen molar-refractivity contribution in [3.63, 3.8) is 0 Å².